The second-order valence-electron chi connectivity index (χ2n) is 5.39. The Kier molecular flexibility index (Phi) is 5.40. The minimum absolute atomic E-state index is 0.386. The van der Waals surface area contributed by atoms with E-state index in [0.29, 0.717) is 6.04 Å². The van der Waals surface area contributed by atoms with Crippen LogP contribution in [0.2, 0.25) is 0 Å². The van der Waals surface area contributed by atoms with Crippen LogP contribution in [-0.4, -0.2) is 6.54 Å². The standard InChI is InChI=1S/C19H25NO/c1-5-18(20-6-2)16-10-8-11-17(13-16)21-19-12-7-9-14(3)15(19)4/h7-13,18,20H,5-6H2,1-4H3. The van der Waals surface area contributed by atoms with Crippen molar-refractivity contribution >= 4 is 0 Å². The summed E-state index contributed by atoms with van der Waals surface area (Å²) in [7, 11) is 0. The number of aryl methyl sites for hydroxylation is 1. The summed E-state index contributed by atoms with van der Waals surface area (Å²) in [5, 5.41) is 3.50. The molecule has 0 aliphatic rings. The molecule has 2 nitrogen and oxygen atoms in total. The maximum absolute atomic E-state index is 6.08. The van der Waals surface area contributed by atoms with Crippen molar-refractivity contribution in [3.8, 4) is 11.5 Å². The van der Waals surface area contributed by atoms with Gasteiger partial charge in [0.05, 0.1) is 0 Å². The zero-order valence-corrected chi connectivity index (χ0v) is 13.4. The highest BCUT2D eigenvalue weighted by Gasteiger charge is 2.09. The zero-order valence-electron chi connectivity index (χ0n) is 13.4. The molecule has 21 heavy (non-hydrogen) atoms. The number of nitrogens with one attached hydrogen (secondary N) is 1. The third kappa shape index (κ3) is 3.85. The molecule has 2 heteroatoms. The second kappa shape index (κ2) is 7.28. The highest BCUT2D eigenvalue weighted by molar-refractivity contribution is 5.42. The summed E-state index contributed by atoms with van der Waals surface area (Å²) in [5.41, 5.74) is 3.73. The second-order valence-corrected chi connectivity index (χ2v) is 5.39. The Bertz CT molecular complexity index is 592. The monoisotopic (exact) mass is 283 g/mol. The Labute approximate surface area is 128 Å². The Morgan fingerprint density at radius 1 is 1.05 bits per heavy atom. The molecule has 0 saturated carbocycles. The van der Waals surface area contributed by atoms with E-state index in [9.17, 15) is 0 Å². The van der Waals surface area contributed by atoms with Crippen molar-refractivity contribution in [3.63, 3.8) is 0 Å². The van der Waals surface area contributed by atoms with Crippen molar-refractivity contribution in [1.29, 1.82) is 0 Å². The van der Waals surface area contributed by atoms with Gasteiger partial charge in [0, 0.05) is 6.04 Å². The molecule has 2 aromatic rings. The number of rotatable bonds is 6. The van der Waals surface area contributed by atoms with Crippen LogP contribution in [0.25, 0.3) is 0 Å². The molecule has 0 radical (unpaired) electrons. The van der Waals surface area contributed by atoms with E-state index in [4.69, 9.17) is 4.74 Å². The first-order valence-corrected chi connectivity index (χ1v) is 7.73. The lowest BCUT2D eigenvalue weighted by atomic mass is 10.0. The van der Waals surface area contributed by atoms with Crippen LogP contribution in [0.15, 0.2) is 42.5 Å². The SMILES string of the molecule is CCNC(CC)c1cccc(Oc2cccc(C)c2C)c1. The molecule has 1 unspecified atom stereocenters. The highest BCUT2D eigenvalue weighted by atomic mass is 16.5. The summed E-state index contributed by atoms with van der Waals surface area (Å²) in [6, 6.07) is 14.9. The van der Waals surface area contributed by atoms with Gasteiger partial charge >= 0.3 is 0 Å². The van der Waals surface area contributed by atoms with E-state index in [2.05, 4.69) is 57.3 Å². The number of benzene rings is 2. The minimum atomic E-state index is 0.386. The van der Waals surface area contributed by atoms with Crippen molar-refractivity contribution in [2.45, 2.75) is 40.2 Å². The first kappa shape index (κ1) is 15.6. The van der Waals surface area contributed by atoms with Gasteiger partial charge in [0.2, 0.25) is 0 Å². The Morgan fingerprint density at radius 3 is 2.52 bits per heavy atom. The largest absolute Gasteiger partial charge is 0.457 e. The first-order valence-electron chi connectivity index (χ1n) is 7.73. The Morgan fingerprint density at radius 2 is 1.81 bits per heavy atom. The Balaban J connectivity index is 2.23. The molecule has 2 rings (SSSR count). The van der Waals surface area contributed by atoms with Crippen LogP contribution in [0.5, 0.6) is 11.5 Å². The molecule has 2 aromatic carbocycles. The van der Waals surface area contributed by atoms with E-state index in [0.717, 1.165) is 24.5 Å². The van der Waals surface area contributed by atoms with Crippen LogP contribution in [-0.2, 0) is 0 Å². The normalized spacial score (nSPS) is 12.2. The van der Waals surface area contributed by atoms with Gasteiger partial charge < -0.3 is 10.1 Å². The smallest absolute Gasteiger partial charge is 0.130 e. The Hall–Kier alpha value is -1.80. The van der Waals surface area contributed by atoms with Crippen molar-refractivity contribution in [2.24, 2.45) is 0 Å². The number of ether oxygens (including phenoxy) is 1. The molecule has 0 heterocycles. The molecule has 0 aliphatic heterocycles. The van der Waals surface area contributed by atoms with Gasteiger partial charge in [0.1, 0.15) is 11.5 Å². The van der Waals surface area contributed by atoms with Crippen LogP contribution in [0, 0.1) is 13.8 Å². The quantitative estimate of drug-likeness (QED) is 0.791. The summed E-state index contributed by atoms with van der Waals surface area (Å²) in [5.74, 6) is 1.83. The van der Waals surface area contributed by atoms with E-state index in [1.165, 1.54) is 16.7 Å². The molecule has 1 atom stereocenters. The van der Waals surface area contributed by atoms with Crippen molar-refractivity contribution in [1.82, 2.24) is 5.32 Å². The van der Waals surface area contributed by atoms with E-state index in [-0.39, 0.29) is 0 Å². The summed E-state index contributed by atoms with van der Waals surface area (Å²) in [6.45, 7) is 9.52. The molecule has 112 valence electrons. The van der Waals surface area contributed by atoms with Gasteiger partial charge in [-0.15, -0.1) is 0 Å². The lowest BCUT2D eigenvalue weighted by Gasteiger charge is -2.17. The summed E-state index contributed by atoms with van der Waals surface area (Å²) < 4.78 is 6.08. The third-order valence-electron chi connectivity index (χ3n) is 3.90. The predicted octanol–water partition coefficient (Wildman–Crippen LogP) is 5.16. The minimum Gasteiger partial charge on any atom is -0.457 e. The van der Waals surface area contributed by atoms with Gasteiger partial charge in [-0.05, 0) is 61.7 Å². The van der Waals surface area contributed by atoms with E-state index < -0.39 is 0 Å². The van der Waals surface area contributed by atoms with Crippen molar-refractivity contribution < 1.29 is 4.74 Å². The van der Waals surface area contributed by atoms with Gasteiger partial charge in [-0.3, -0.25) is 0 Å². The van der Waals surface area contributed by atoms with Crippen molar-refractivity contribution in [2.75, 3.05) is 6.54 Å². The van der Waals surface area contributed by atoms with Gasteiger partial charge in [-0.1, -0.05) is 38.1 Å². The van der Waals surface area contributed by atoms with Gasteiger partial charge in [0.15, 0.2) is 0 Å². The molecule has 0 fully saturated rings. The maximum atomic E-state index is 6.08. The summed E-state index contributed by atoms with van der Waals surface area (Å²) in [6.07, 6.45) is 1.07. The average molecular weight is 283 g/mol. The summed E-state index contributed by atoms with van der Waals surface area (Å²) >= 11 is 0. The molecule has 0 aliphatic carbocycles. The van der Waals surface area contributed by atoms with Crippen LogP contribution >= 0.6 is 0 Å². The van der Waals surface area contributed by atoms with Crippen LogP contribution in [0.4, 0.5) is 0 Å². The van der Waals surface area contributed by atoms with E-state index >= 15 is 0 Å². The van der Waals surface area contributed by atoms with E-state index in [1.54, 1.807) is 0 Å². The van der Waals surface area contributed by atoms with Crippen molar-refractivity contribution in [3.05, 3.63) is 59.2 Å². The van der Waals surface area contributed by atoms with Crippen LogP contribution in [0.3, 0.4) is 0 Å². The van der Waals surface area contributed by atoms with Gasteiger partial charge in [-0.25, -0.2) is 0 Å². The lowest BCUT2D eigenvalue weighted by molar-refractivity contribution is 0.473. The van der Waals surface area contributed by atoms with Gasteiger partial charge in [0.25, 0.3) is 0 Å². The molecule has 0 bridgehead atoms. The molecule has 0 spiro atoms. The molecule has 0 aromatic heterocycles. The van der Waals surface area contributed by atoms with E-state index in [1.807, 2.05) is 18.2 Å². The average Bonchev–Trinajstić information content (AvgIpc) is 2.50. The molecular weight excluding hydrogens is 258 g/mol. The number of hydrogen-bond donors (Lipinski definition) is 1. The first-order chi connectivity index (χ1) is 10.2. The zero-order chi connectivity index (χ0) is 15.2. The third-order valence-corrected chi connectivity index (χ3v) is 3.90. The number of hydrogen-bond acceptors (Lipinski definition) is 2. The summed E-state index contributed by atoms with van der Waals surface area (Å²) in [4.78, 5) is 0. The molecular formula is C19H25NO. The highest BCUT2D eigenvalue weighted by Crippen LogP contribution is 2.29. The predicted molar refractivity (Wildman–Crippen MR) is 89.1 cm³/mol. The van der Waals surface area contributed by atoms with Gasteiger partial charge in [-0.2, -0.15) is 0 Å². The fraction of sp³-hybridized carbons (Fsp3) is 0.368. The van der Waals surface area contributed by atoms with Crippen LogP contribution in [0.1, 0.15) is 43.0 Å². The fourth-order valence-corrected chi connectivity index (χ4v) is 2.50. The van der Waals surface area contributed by atoms with Crippen LogP contribution < -0.4 is 10.1 Å². The molecule has 1 N–H and O–H groups in total. The topological polar surface area (TPSA) is 21.3 Å². The molecule has 0 saturated heterocycles. The fourth-order valence-electron chi connectivity index (χ4n) is 2.50. The maximum Gasteiger partial charge on any atom is 0.130 e. The lowest BCUT2D eigenvalue weighted by Crippen LogP contribution is -2.19. The molecule has 0 amide bonds.